The third-order valence-corrected chi connectivity index (χ3v) is 4.23. The topological polar surface area (TPSA) is 46.9 Å². The highest BCUT2D eigenvalue weighted by molar-refractivity contribution is 5.95. The predicted octanol–water partition coefficient (Wildman–Crippen LogP) is 3.19. The van der Waals surface area contributed by atoms with Gasteiger partial charge in [-0.05, 0) is 49.5 Å². The summed E-state index contributed by atoms with van der Waals surface area (Å²) < 4.78 is 1.81. The van der Waals surface area contributed by atoms with E-state index in [9.17, 15) is 4.79 Å². The first-order chi connectivity index (χ1) is 9.98. The summed E-state index contributed by atoms with van der Waals surface area (Å²) in [5.74, 6) is 0.623. The molecule has 0 aromatic carbocycles. The summed E-state index contributed by atoms with van der Waals surface area (Å²) in [7, 11) is 0. The van der Waals surface area contributed by atoms with Gasteiger partial charge >= 0.3 is 0 Å². The van der Waals surface area contributed by atoms with Crippen molar-refractivity contribution in [3.63, 3.8) is 0 Å². The Bertz CT molecular complexity index is 660. The van der Waals surface area contributed by atoms with E-state index in [1.165, 1.54) is 5.56 Å². The van der Waals surface area contributed by atoms with Crippen molar-refractivity contribution >= 4 is 16.9 Å². The van der Waals surface area contributed by atoms with Gasteiger partial charge in [-0.1, -0.05) is 20.8 Å². The van der Waals surface area contributed by atoms with Crippen molar-refractivity contribution in [3.8, 4) is 0 Å². The summed E-state index contributed by atoms with van der Waals surface area (Å²) in [5, 5.41) is 3.39. The van der Waals surface area contributed by atoms with Crippen LogP contribution in [0.3, 0.4) is 0 Å². The number of piperidine rings is 1. The molecule has 3 heterocycles. The van der Waals surface area contributed by atoms with Crippen molar-refractivity contribution in [3.05, 3.63) is 30.1 Å². The van der Waals surface area contributed by atoms with Crippen molar-refractivity contribution in [1.29, 1.82) is 0 Å². The van der Waals surface area contributed by atoms with Crippen LogP contribution in [0.25, 0.3) is 11.0 Å². The molecule has 0 atom stereocenters. The lowest BCUT2D eigenvalue weighted by Gasteiger charge is -2.22. The zero-order valence-electron chi connectivity index (χ0n) is 13.0. The zero-order chi connectivity index (χ0) is 15.0. The summed E-state index contributed by atoms with van der Waals surface area (Å²) in [5.41, 5.74) is 2.75. The molecule has 1 N–H and O–H groups in total. The van der Waals surface area contributed by atoms with Crippen LogP contribution >= 0.6 is 0 Å². The lowest BCUT2D eigenvalue weighted by atomic mass is 9.91. The standard InChI is InChI=1S/C17H23N3O/c1-17(2,3)16(21)20-11-13(12-6-9-18-10-7-12)15-14(20)5-4-8-19-15/h4-5,8,11-12,18H,6-7,9-10H2,1-3H3. The Morgan fingerprint density at radius 2 is 2.05 bits per heavy atom. The number of aromatic nitrogens is 2. The lowest BCUT2D eigenvalue weighted by Crippen LogP contribution is -2.27. The molecule has 4 nitrogen and oxygen atoms in total. The quantitative estimate of drug-likeness (QED) is 0.875. The van der Waals surface area contributed by atoms with E-state index < -0.39 is 5.41 Å². The zero-order valence-corrected chi connectivity index (χ0v) is 13.0. The van der Waals surface area contributed by atoms with Crippen LogP contribution in [-0.2, 0) is 0 Å². The molecule has 21 heavy (non-hydrogen) atoms. The summed E-state index contributed by atoms with van der Waals surface area (Å²) in [4.78, 5) is 17.2. The molecule has 0 bridgehead atoms. The van der Waals surface area contributed by atoms with Gasteiger partial charge < -0.3 is 5.32 Å². The summed E-state index contributed by atoms with van der Waals surface area (Å²) in [6.07, 6.45) is 6.07. The average Bonchev–Trinajstić information content (AvgIpc) is 2.86. The van der Waals surface area contributed by atoms with Gasteiger partial charge in [-0.25, -0.2) is 0 Å². The smallest absolute Gasteiger partial charge is 0.236 e. The fourth-order valence-electron chi connectivity index (χ4n) is 3.04. The Balaban J connectivity index is 2.12. The molecule has 2 aromatic rings. The summed E-state index contributed by atoms with van der Waals surface area (Å²) >= 11 is 0. The van der Waals surface area contributed by atoms with Gasteiger partial charge in [0, 0.05) is 17.8 Å². The SMILES string of the molecule is CC(C)(C)C(=O)n1cc(C2CCNCC2)c2ncccc21. The van der Waals surface area contributed by atoms with Crippen molar-refractivity contribution in [2.75, 3.05) is 13.1 Å². The maximum atomic E-state index is 12.7. The number of carbonyl (C=O) groups is 1. The molecule has 0 unspecified atom stereocenters. The van der Waals surface area contributed by atoms with Crippen molar-refractivity contribution in [1.82, 2.24) is 14.9 Å². The van der Waals surface area contributed by atoms with E-state index in [4.69, 9.17) is 0 Å². The van der Waals surface area contributed by atoms with Gasteiger partial charge in [0.15, 0.2) is 0 Å². The van der Waals surface area contributed by atoms with Gasteiger partial charge in [-0.15, -0.1) is 0 Å². The Morgan fingerprint density at radius 3 is 2.71 bits per heavy atom. The average molecular weight is 285 g/mol. The predicted molar refractivity (Wildman–Crippen MR) is 84.7 cm³/mol. The molecule has 0 aliphatic carbocycles. The van der Waals surface area contributed by atoms with E-state index in [1.807, 2.05) is 45.3 Å². The molecule has 0 amide bonds. The highest BCUT2D eigenvalue weighted by Crippen LogP contribution is 2.33. The fourth-order valence-corrected chi connectivity index (χ4v) is 3.04. The maximum Gasteiger partial charge on any atom is 0.236 e. The third-order valence-electron chi connectivity index (χ3n) is 4.23. The summed E-state index contributed by atoms with van der Waals surface area (Å²) in [6.45, 7) is 7.96. The molecule has 0 spiro atoms. The second-order valence-corrected chi connectivity index (χ2v) is 6.91. The monoisotopic (exact) mass is 285 g/mol. The highest BCUT2D eigenvalue weighted by Gasteiger charge is 2.27. The van der Waals surface area contributed by atoms with Gasteiger partial charge in [0.05, 0.1) is 11.0 Å². The van der Waals surface area contributed by atoms with E-state index in [0.717, 1.165) is 37.0 Å². The van der Waals surface area contributed by atoms with Crippen LogP contribution in [0.4, 0.5) is 0 Å². The second-order valence-electron chi connectivity index (χ2n) is 6.91. The van der Waals surface area contributed by atoms with Crippen molar-refractivity contribution in [2.45, 2.75) is 39.5 Å². The molecule has 3 rings (SSSR count). The first-order valence-corrected chi connectivity index (χ1v) is 7.70. The molecule has 2 aromatic heterocycles. The number of hydrogen-bond acceptors (Lipinski definition) is 3. The number of hydrogen-bond donors (Lipinski definition) is 1. The van der Waals surface area contributed by atoms with E-state index in [2.05, 4.69) is 10.3 Å². The lowest BCUT2D eigenvalue weighted by molar-refractivity contribution is 0.0772. The van der Waals surface area contributed by atoms with Gasteiger partial charge in [-0.2, -0.15) is 0 Å². The van der Waals surface area contributed by atoms with Crippen LogP contribution in [0.1, 0.15) is 49.9 Å². The Morgan fingerprint density at radius 1 is 1.33 bits per heavy atom. The van der Waals surface area contributed by atoms with Gasteiger partial charge in [0.2, 0.25) is 5.91 Å². The molecular weight excluding hydrogens is 262 g/mol. The minimum Gasteiger partial charge on any atom is -0.317 e. The van der Waals surface area contributed by atoms with E-state index >= 15 is 0 Å². The normalized spacial score (nSPS) is 17.3. The van der Waals surface area contributed by atoms with Crippen molar-refractivity contribution < 1.29 is 4.79 Å². The first kappa shape index (κ1) is 14.3. The number of nitrogens with zero attached hydrogens (tertiary/aromatic N) is 2. The molecule has 4 heteroatoms. The summed E-state index contributed by atoms with van der Waals surface area (Å²) in [6, 6.07) is 3.90. The van der Waals surface area contributed by atoms with E-state index in [-0.39, 0.29) is 5.91 Å². The number of rotatable bonds is 1. The van der Waals surface area contributed by atoms with E-state index in [0.29, 0.717) is 5.92 Å². The number of carbonyl (C=O) groups excluding carboxylic acids is 1. The second kappa shape index (κ2) is 5.26. The molecule has 1 saturated heterocycles. The molecule has 1 aliphatic heterocycles. The molecule has 112 valence electrons. The molecule has 0 saturated carbocycles. The fraction of sp³-hybridized carbons (Fsp3) is 0.529. The van der Waals surface area contributed by atoms with Crippen LogP contribution in [0.5, 0.6) is 0 Å². The van der Waals surface area contributed by atoms with Crippen LogP contribution in [0.15, 0.2) is 24.5 Å². The maximum absolute atomic E-state index is 12.7. The van der Waals surface area contributed by atoms with Gasteiger partial charge in [-0.3, -0.25) is 14.3 Å². The Kier molecular flexibility index (Phi) is 3.57. The number of nitrogens with one attached hydrogen (secondary N) is 1. The number of fused-ring (bicyclic) bond motifs is 1. The van der Waals surface area contributed by atoms with Crippen molar-refractivity contribution in [2.24, 2.45) is 5.41 Å². The van der Waals surface area contributed by atoms with Gasteiger partial charge in [0.1, 0.15) is 0 Å². The Labute approximate surface area is 125 Å². The molecular formula is C17H23N3O. The third kappa shape index (κ3) is 2.60. The molecule has 1 fully saturated rings. The minimum absolute atomic E-state index is 0.126. The Hall–Kier alpha value is -1.68. The van der Waals surface area contributed by atoms with Crippen LogP contribution in [0, 0.1) is 5.41 Å². The first-order valence-electron chi connectivity index (χ1n) is 7.70. The minimum atomic E-state index is -0.396. The molecule has 1 aliphatic rings. The van der Waals surface area contributed by atoms with Crippen LogP contribution < -0.4 is 5.32 Å². The number of pyridine rings is 1. The van der Waals surface area contributed by atoms with Crippen LogP contribution in [0.2, 0.25) is 0 Å². The van der Waals surface area contributed by atoms with Crippen LogP contribution in [-0.4, -0.2) is 28.5 Å². The van der Waals surface area contributed by atoms with E-state index in [1.54, 1.807) is 4.57 Å². The molecule has 0 radical (unpaired) electrons. The van der Waals surface area contributed by atoms with Gasteiger partial charge in [0.25, 0.3) is 0 Å². The highest BCUT2D eigenvalue weighted by atomic mass is 16.2. The largest absolute Gasteiger partial charge is 0.317 e.